The number of aliphatic hydroxyl groups is 1. The first-order valence-corrected chi connectivity index (χ1v) is 5.71. The van der Waals surface area contributed by atoms with Crippen molar-refractivity contribution in [2.45, 2.75) is 25.9 Å². The Morgan fingerprint density at radius 3 is 2.71 bits per heavy atom. The second-order valence-electron chi connectivity index (χ2n) is 4.37. The molecule has 2 rings (SSSR count). The first kappa shape index (κ1) is 11.9. The second-order valence-corrected chi connectivity index (χ2v) is 4.37. The maximum Gasteiger partial charge on any atom is 0.339 e. The summed E-state index contributed by atoms with van der Waals surface area (Å²) >= 11 is 0. The molecule has 0 radical (unpaired) electrons. The van der Waals surface area contributed by atoms with Crippen LogP contribution in [0.5, 0.6) is 0 Å². The van der Waals surface area contributed by atoms with Crippen LogP contribution in [0.3, 0.4) is 0 Å². The number of aliphatic hydroxyl groups excluding tert-OH is 1. The lowest BCUT2D eigenvalue weighted by atomic mass is 10.1. The van der Waals surface area contributed by atoms with Gasteiger partial charge < -0.3 is 15.1 Å². The van der Waals surface area contributed by atoms with E-state index in [4.69, 9.17) is 5.11 Å². The van der Waals surface area contributed by atoms with E-state index in [0.29, 0.717) is 31.6 Å². The molecule has 5 heteroatoms. The number of aromatic carboxylic acids is 1. The number of carbonyl (C=O) groups is 1. The Balaban J connectivity index is 2.30. The first-order valence-electron chi connectivity index (χ1n) is 5.71. The van der Waals surface area contributed by atoms with Crippen LogP contribution in [0, 0.1) is 6.92 Å². The van der Waals surface area contributed by atoms with Gasteiger partial charge in [0.25, 0.3) is 0 Å². The SMILES string of the molecule is Cc1cc(N2CCC(O)CC2)c(C(=O)O)cn1. The van der Waals surface area contributed by atoms with Crippen molar-refractivity contribution in [2.75, 3.05) is 18.0 Å². The fraction of sp³-hybridized carbons (Fsp3) is 0.500. The smallest absolute Gasteiger partial charge is 0.339 e. The molecule has 1 aliphatic heterocycles. The number of carboxylic acids is 1. The molecule has 0 amide bonds. The topological polar surface area (TPSA) is 73.7 Å². The van der Waals surface area contributed by atoms with E-state index in [1.807, 2.05) is 11.8 Å². The molecule has 0 aliphatic carbocycles. The third kappa shape index (κ3) is 2.55. The van der Waals surface area contributed by atoms with Crippen molar-refractivity contribution >= 4 is 11.7 Å². The number of hydrogen-bond acceptors (Lipinski definition) is 4. The van der Waals surface area contributed by atoms with Gasteiger partial charge in [-0.3, -0.25) is 4.98 Å². The third-order valence-corrected chi connectivity index (χ3v) is 3.05. The highest BCUT2D eigenvalue weighted by Crippen LogP contribution is 2.24. The van der Waals surface area contributed by atoms with Gasteiger partial charge in [0.2, 0.25) is 0 Å². The van der Waals surface area contributed by atoms with E-state index in [0.717, 1.165) is 5.69 Å². The lowest BCUT2D eigenvalue weighted by Gasteiger charge is -2.32. The molecule has 0 aromatic carbocycles. The average Bonchev–Trinajstić information content (AvgIpc) is 2.29. The summed E-state index contributed by atoms with van der Waals surface area (Å²) in [6.07, 6.45) is 2.50. The van der Waals surface area contributed by atoms with Crippen LogP contribution in [0.4, 0.5) is 5.69 Å². The minimum absolute atomic E-state index is 0.229. The van der Waals surface area contributed by atoms with Crippen LogP contribution < -0.4 is 4.90 Å². The van der Waals surface area contributed by atoms with Gasteiger partial charge in [-0.15, -0.1) is 0 Å². The Morgan fingerprint density at radius 1 is 1.47 bits per heavy atom. The fourth-order valence-corrected chi connectivity index (χ4v) is 2.08. The number of anilines is 1. The summed E-state index contributed by atoms with van der Waals surface area (Å²) in [7, 11) is 0. The number of aromatic nitrogens is 1. The van der Waals surface area contributed by atoms with Crippen molar-refractivity contribution < 1.29 is 15.0 Å². The van der Waals surface area contributed by atoms with Crippen LogP contribution in [0.1, 0.15) is 28.9 Å². The lowest BCUT2D eigenvalue weighted by molar-refractivity contribution is 0.0697. The van der Waals surface area contributed by atoms with Crippen LogP contribution in [-0.4, -0.2) is 40.4 Å². The van der Waals surface area contributed by atoms with Crippen molar-refractivity contribution in [3.63, 3.8) is 0 Å². The minimum atomic E-state index is -0.960. The number of hydrogen-bond donors (Lipinski definition) is 2. The summed E-state index contributed by atoms with van der Waals surface area (Å²) in [5, 5.41) is 18.6. The molecular formula is C12H16N2O3. The zero-order chi connectivity index (χ0) is 12.4. The van der Waals surface area contributed by atoms with Gasteiger partial charge in [-0.2, -0.15) is 0 Å². The first-order chi connectivity index (χ1) is 8.08. The molecule has 1 aromatic rings. The summed E-state index contributed by atoms with van der Waals surface area (Å²) < 4.78 is 0. The van der Waals surface area contributed by atoms with Gasteiger partial charge in [-0.05, 0) is 25.8 Å². The summed E-state index contributed by atoms with van der Waals surface area (Å²) in [6, 6.07) is 1.79. The van der Waals surface area contributed by atoms with Crippen LogP contribution in [0.2, 0.25) is 0 Å². The van der Waals surface area contributed by atoms with Gasteiger partial charge in [0, 0.05) is 25.0 Å². The molecule has 0 saturated carbocycles. The molecule has 0 bridgehead atoms. The lowest BCUT2D eigenvalue weighted by Crippen LogP contribution is -2.36. The molecule has 5 nitrogen and oxygen atoms in total. The predicted molar refractivity (Wildman–Crippen MR) is 63.4 cm³/mol. The van der Waals surface area contributed by atoms with E-state index in [1.54, 1.807) is 6.07 Å². The molecule has 92 valence electrons. The Bertz CT molecular complexity index is 426. The van der Waals surface area contributed by atoms with Crippen molar-refractivity contribution in [3.8, 4) is 0 Å². The standard InChI is InChI=1S/C12H16N2O3/c1-8-6-11(10(7-13-8)12(16)17)14-4-2-9(15)3-5-14/h6-7,9,15H,2-5H2,1H3,(H,16,17). The average molecular weight is 236 g/mol. The molecule has 2 N–H and O–H groups in total. The molecule has 1 aromatic heterocycles. The highest BCUT2D eigenvalue weighted by Gasteiger charge is 2.21. The van der Waals surface area contributed by atoms with Crippen molar-refractivity contribution in [2.24, 2.45) is 0 Å². The highest BCUT2D eigenvalue weighted by atomic mass is 16.4. The van der Waals surface area contributed by atoms with Gasteiger partial charge in [0.05, 0.1) is 11.8 Å². The molecular weight excluding hydrogens is 220 g/mol. The summed E-state index contributed by atoms with van der Waals surface area (Å²) in [4.78, 5) is 17.1. The fourth-order valence-electron chi connectivity index (χ4n) is 2.08. The van der Waals surface area contributed by atoms with Gasteiger partial charge in [0.15, 0.2) is 0 Å². The third-order valence-electron chi connectivity index (χ3n) is 3.05. The number of nitrogens with zero attached hydrogens (tertiary/aromatic N) is 2. The van der Waals surface area contributed by atoms with E-state index >= 15 is 0 Å². The van der Waals surface area contributed by atoms with Crippen molar-refractivity contribution in [1.29, 1.82) is 0 Å². The molecule has 1 saturated heterocycles. The predicted octanol–water partition coefficient (Wildman–Crippen LogP) is 1.05. The number of aryl methyl sites for hydroxylation is 1. The van der Waals surface area contributed by atoms with Crippen molar-refractivity contribution in [1.82, 2.24) is 4.98 Å². The number of piperidine rings is 1. The summed E-state index contributed by atoms with van der Waals surface area (Å²) in [5.74, 6) is -0.960. The molecule has 0 unspecified atom stereocenters. The molecule has 2 heterocycles. The Hall–Kier alpha value is -1.62. The number of pyridine rings is 1. The van der Waals surface area contributed by atoms with E-state index < -0.39 is 5.97 Å². The largest absolute Gasteiger partial charge is 0.478 e. The van der Waals surface area contributed by atoms with E-state index in [2.05, 4.69) is 4.98 Å². The molecule has 0 spiro atoms. The monoisotopic (exact) mass is 236 g/mol. The maximum atomic E-state index is 11.1. The summed E-state index contributed by atoms with van der Waals surface area (Å²) in [5.41, 5.74) is 1.74. The van der Waals surface area contributed by atoms with Gasteiger partial charge in [-0.25, -0.2) is 4.79 Å². The second kappa shape index (κ2) is 4.71. The molecule has 1 aliphatic rings. The molecule has 0 atom stereocenters. The van der Waals surface area contributed by atoms with Crippen LogP contribution in [0.15, 0.2) is 12.3 Å². The van der Waals surface area contributed by atoms with E-state index in [9.17, 15) is 9.90 Å². The van der Waals surface area contributed by atoms with E-state index in [-0.39, 0.29) is 11.7 Å². The Kier molecular flexibility index (Phi) is 3.28. The quantitative estimate of drug-likeness (QED) is 0.803. The van der Waals surface area contributed by atoms with Gasteiger partial charge >= 0.3 is 5.97 Å². The Labute approximate surface area is 99.7 Å². The van der Waals surface area contributed by atoms with Gasteiger partial charge in [0.1, 0.15) is 5.56 Å². The van der Waals surface area contributed by atoms with Crippen molar-refractivity contribution in [3.05, 3.63) is 23.5 Å². The van der Waals surface area contributed by atoms with Crippen LogP contribution in [0.25, 0.3) is 0 Å². The maximum absolute atomic E-state index is 11.1. The Morgan fingerprint density at radius 2 is 2.12 bits per heavy atom. The minimum Gasteiger partial charge on any atom is -0.478 e. The molecule has 1 fully saturated rings. The number of rotatable bonds is 2. The van der Waals surface area contributed by atoms with E-state index in [1.165, 1.54) is 6.20 Å². The molecule has 17 heavy (non-hydrogen) atoms. The van der Waals surface area contributed by atoms with Gasteiger partial charge in [-0.1, -0.05) is 0 Å². The zero-order valence-corrected chi connectivity index (χ0v) is 9.76. The number of carboxylic acid groups (broad SMARTS) is 1. The zero-order valence-electron chi connectivity index (χ0n) is 9.76. The van der Waals surface area contributed by atoms with Crippen LogP contribution in [-0.2, 0) is 0 Å². The van der Waals surface area contributed by atoms with Crippen LogP contribution >= 0.6 is 0 Å². The summed E-state index contributed by atoms with van der Waals surface area (Å²) in [6.45, 7) is 3.21. The highest BCUT2D eigenvalue weighted by molar-refractivity contribution is 5.94. The normalized spacial score (nSPS) is 17.2.